The van der Waals surface area contributed by atoms with Gasteiger partial charge in [0.05, 0.1) is 0 Å². The number of aliphatic hydroxyl groups excluding tert-OH is 1. The number of fused-ring (bicyclic) bond motifs is 1. The summed E-state index contributed by atoms with van der Waals surface area (Å²) < 4.78 is 1.89. The molecule has 0 radical (unpaired) electrons. The van der Waals surface area contributed by atoms with E-state index in [0.29, 0.717) is 25.1 Å². The predicted octanol–water partition coefficient (Wildman–Crippen LogP) is 0.165. The Bertz CT molecular complexity index is 389. The summed E-state index contributed by atoms with van der Waals surface area (Å²) in [5.41, 5.74) is 0. The molecule has 0 saturated carbocycles. The second kappa shape index (κ2) is 4.61. The topological polar surface area (TPSA) is 88.2 Å². The molecule has 0 spiro atoms. The van der Waals surface area contributed by atoms with Gasteiger partial charge in [-0.15, -0.1) is 10.2 Å². The van der Waals surface area contributed by atoms with E-state index in [2.05, 4.69) is 10.2 Å². The normalized spacial score (nSPS) is 19.4. The Hall–Kier alpha value is -1.43. The highest BCUT2D eigenvalue weighted by atomic mass is 16.4. The zero-order chi connectivity index (χ0) is 11.5. The molecule has 2 rings (SSSR count). The first-order valence-electron chi connectivity index (χ1n) is 5.49. The highest BCUT2D eigenvalue weighted by Gasteiger charge is 2.30. The Morgan fingerprint density at radius 3 is 3.00 bits per heavy atom. The lowest BCUT2D eigenvalue weighted by Crippen LogP contribution is -2.23. The van der Waals surface area contributed by atoms with Gasteiger partial charge in [-0.3, -0.25) is 4.79 Å². The van der Waals surface area contributed by atoms with Crippen LogP contribution in [0.15, 0.2) is 0 Å². The van der Waals surface area contributed by atoms with Crippen LogP contribution in [0.2, 0.25) is 0 Å². The molecule has 0 fully saturated rings. The number of aryl methyl sites for hydroxylation is 1. The van der Waals surface area contributed by atoms with Gasteiger partial charge in [0.2, 0.25) is 0 Å². The van der Waals surface area contributed by atoms with Gasteiger partial charge in [0, 0.05) is 19.6 Å². The smallest absolute Gasteiger partial charge is 0.314 e. The molecule has 2 heterocycles. The molecule has 0 saturated heterocycles. The molecule has 0 bridgehead atoms. The van der Waals surface area contributed by atoms with Crippen LogP contribution >= 0.6 is 0 Å². The Balaban J connectivity index is 2.24. The maximum absolute atomic E-state index is 11.0. The van der Waals surface area contributed by atoms with Gasteiger partial charge in [-0.05, 0) is 19.3 Å². The number of carboxylic acid groups (broad SMARTS) is 1. The number of carboxylic acids is 1. The fourth-order valence-electron chi connectivity index (χ4n) is 2.09. The number of carbonyl (C=O) groups is 1. The fraction of sp³-hybridized carbons (Fsp3) is 0.700. The summed E-state index contributed by atoms with van der Waals surface area (Å²) in [6, 6.07) is 0. The number of aromatic nitrogens is 3. The van der Waals surface area contributed by atoms with Crippen LogP contribution in [0.5, 0.6) is 0 Å². The molecule has 16 heavy (non-hydrogen) atoms. The number of hydrogen-bond acceptors (Lipinski definition) is 4. The first-order chi connectivity index (χ1) is 7.74. The largest absolute Gasteiger partial charge is 0.481 e. The van der Waals surface area contributed by atoms with Gasteiger partial charge in [-0.2, -0.15) is 0 Å². The van der Waals surface area contributed by atoms with Gasteiger partial charge >= 0.3 is 5.97 Å². The lowest BCUT2D eigenvalue weighted by Gasteiger charge is -2.20. The van der Waals surface area contributed by atoms with Crippen molar-refractivity contribution < 1.29 is 15.0 Å². The van der Waals surface area contributed by atoms with Crippen LogP contribution in [-0.4, -0.2) is 37.6 Å². The highest BCUT2D eigenvalue weighted by molar-refractivity contribution is 5.75. The summed E-state index contributed by atoms with van der Waals surface area (Å²) in [6.07, 6.45) is 2.76. The average molecular weight is 225 g/mol. The zero-order valence-electron chi connectivity index (χ0n) is 8.96. The lowest BCUT2D eigenvalue weighted by atomic mass is 9.99. The van der Waals surface area contributed by atoms with Crippen LogP contribution in [0.3, 0.4) is 0 Å². The molecule has 6 nitrogen and oxygen atoms in total. The van der Waals surface area contributed by atoms with Crippen molar-refractivity contribution in [1.82, 2.24) is 14.8 Å². The average Bonchev–Trinajstić information content (AvgIpc) is 2.69. The molecule has 1 atom stereocenters. The van der Waals surface area contributed by atoms with Gasteiger partial charge < -0.3 is 14.8 Å². The molecule has 1 aliphatic heterocycles. The molecule has 0 aromatic carbocycles. The second-order valence-electron chi connectivity index (χ2n) is 3.99. The molecule has 0 aliphatic carbocycles. The summed E-state index contributed by atoms with van der Waals surface area (Å²) in [4.78, 5) is 11.0. The predicted molar refractivity (Wildman–Crippen MR) is 55.0 cm³/mol. The molecule has 2 N–H and O–H groups in total. The van der Waals surface area contributed by atoms with Gasteiger partial charge in [-0.25, -0.2) is 0 Å². The van der Waals surface area contributed by atoms with Crippen LogP contribution in [0.4, 0.5) is 0 Å². The number of aliphatic carboxylic acids is 1. The van der Waals surface area contributed by atoms with E-state index in [0.717, 1.165) is 18.8 Å². The van der Waals surface area contributed by atoms with E-state index in [1.807, 2.05) is 4.57 Å². The van der Waals surface area contributed by atoms with Crippen molar-refractivity contribution in [2.24, 2.45) is 0 Å². The standard InChI is InChI=1S/C10H15N3O3/c14-6-2-4-8-11-12-9-7(10(15)16)3-1-5-13(8)9/h7,14H,1-6H2,(H,15,16). The van der Waals surface area contributed by atoms with Crippen molar-refractivity contribution in [1.29, 1.82) is 0 Å². The SMILES string of the molecule is O=C(O)C1CCCn2c(CCCO)nnc21. The molecule has 88 valence electrons. The Morgan fingerprint density at radius 2 is 2.31 bits per heavy atom. The van der Waals surface area contributed by atoms with Gasteiger partial charge in [0.25, 0.3) is 0 Å². The minimum Gasteiger partial charge on any atom is -0.481 e. The molecular formula is C10H15N3O3. The number of nitrogens with zero attached hydrogens (tertiary/aromatic N) is 3. The van der Waals surface area contributed by atoms with Crippen LogP contribution < -0.4 is 0 Å². The Morgan fingerprint density at radius 1 is 1.50 bits per heavy atom. The number of rotatable bonds is 4. The van der Waals surface area contributed by atoms with E-state index in [9.17, 15) is 4.79 Å². The highest BCUT2D eigenvalue weighted by Crippen LogP contribution is 2.26. The first kappa shape index (κ1) is 11.1. The number of hydrogen-bond donors (Lipinski definition) is 2. The lowest BCUT2D eigenvalue weighted by molar-refractivity contribution is -0.139. The summed E-state index contributed by atoms with van der Waals surface area (Å²) >= 11 is 0. The quantitative estimate of drug-likeness (QED) is 0.762. The third kappa shape index (κ3) is 1.92. The monoisotopic (exact) mass is 225 g/mol. The maximum atomic E-state index is 11.0. The zero-order valence-corrected chi connectivity index (χ0v) is 8.96. The van der Waals surface area contributed by atoms with Crippen molar-refractivity contribution in [2.45, 2.75) is 38.1 Å². The molecular weight excluding hydrogens is 210 g/mol. The van der Waals surface area contributed by atoms with Crippen LogP contribution in [0.25, 0.3) is 0 Å². The minimum atomic E-state index is -0.831. The summed E-state index contributed by atoms with van der Waals surface area (Å²) in [6.45, 7) is 0.900. The molecule has 0 amide bonds. The molecule has 1 aromatic rings. The Kier molecular flexibility index (Phi) is 3.19. The van der Waals surface area contributed by atoms with Gasteiger partial charge in [-0.1, -0.05) is 0 Å². The number of aliphatic hydroxyl groups is 1. The van der Waals surface area contributed by atoms with Crippen LogP contribution in [0, 0.1) is 0 Å². The fourth-order valence-corrected chi connectivity index (χ4v) is 2.09. The van der Waals surface area contributed by atoms with E-state index in [4.69, 9.17) is 10.2 Å². The summed E-state index contributed by atoms with van der Waals surface area (Å²) in [5.74, 6) is -0.00660. The van der Waals surface area contributed by atoms with Gasteiger partial charge in [0.15, 0.2) is 0 Å². The molecule has 6 heteroatoms. The first-order valence-corrected chi connectivity index (χ1v) is 5.49. The van der Waals surface area contributed by atoms with Gasteiger partial charge in [0.1, 0.15) is 17.6 Å². The summed E-state index contributed by atoms with van der Waals surface area (Å²) in [7, 11) is 0. The van der Waals surface area contributed by atoms with E-state index in [1.54, 1.807) is 0 Å². The summed E-state index contributed by atoms with van der Waals surface area (Å²) in [5, 5.41) is 25.8. The van der Waals surface area contributed by atoms with Crippen molar-refractivity contribution in [3.63, 3.8) is 0 Å². The van der Waals surface area contributed by atoms with Crippen molar-refractivity contribution in [3.05, 3.63) is 11.6 Å². The molecule has 1 unspecified atom stereocenters. The van der Waals surface area contributed by atoms with Crippen LogP contribution in [-0.2, 0) is 17.8 Å². The van der Waals surface area contributed by atoms with Crippen molar-refractivity contribution >= 4 is 5.97 Å². The third-order valence-electron chi connectivity index (χ3n) is 2.90. The van der Waals surface area contributed by atoms with Crippen molar-refractivity contribution in [2.75, 3.05) is 6.61 Å². The van der Waals surface area contributed by atoms with E-state index in [1.165, 1.54) is 0 Å². The van der Waals surface area contributed by atoms with E-state index in [-0.39, 0.29) is 6.61 Å². The molecule has 1 aliphatic rings. The van der Waals surface area contributed by atoms with E-state index >= 15 is 0 Å². The maximum Gasteiger partial charge on any atom is 0.314 e. The van der Waals surface area contributed by atoms with E-state index < -0.39 is 11.9 Å². The Labute approximate surface area is 92.9 Å². The minimum absolute atomic E-state index is 0.116. The third-order valence-corrected chi connectivity index (χ3v) is 2.90. The van der Waals surface area contributed by atoms with Crippen LogP contribution in [0.1, 0.15) is 36.8 Å². The van der Waals surface area contributed by atoms with Crippen molar-refractivity contribution in [3.8, 4) is 0 Å². The second-order valence-corrected chi connectivity index (χ2v) is 3.99. The molecule has 1 aromatic heterocycles.